The first-order valence-electron chi connectivity index (χ1n) is 5.63. The van der Waals surface area contributed by atoms with E-state index in [4.69, 9.17) is 4.74 Å². The molecular weight excluding hydrogens is 188 g/mol. The highest BCUT2D eigenvalue weighted by molar-refractivity contribution is 5.32. The summed E-state index contributed by atoms with van der Waals surface area (Å²) in [7, 11) is 0. The highest BCUT2D eigenvalue weighted by Crippen LogP contribution is 2.49. The van der Waals surface area contributed by atoms with E-state index in [2.05, 4.69) is 12.1 Å². The smallest absolute Gasteiger partial charge is 0.119 e. The van der Waals surface area contributed by atoms with Crippen LogP contribution in [0, 0.1) is 5.92 Å². The SMILES string of the molecule is CCOc1ccc([C@H]2C[C@H]2[C@@H](C)O)cc1. The maximum Gasteiger partial charge on any atom is 0.119 e. The van der Waals surface area contributed by atoms with Gasteiger partial charge in [0, 0.05) is 0 Å². The number of hydrogen-bond donors (Lipinski definition) is 1. The van der Waals surface area contributed by atoms with Crippen LogP contribution in [0.4, 0.5) is 0 Å². The number of rotatable bonds is 4. The number of ether oxygens (including phenoxy) is 1. The topological polar surface area (TPSA) is 29.5 Å². The second-order valence-corrected chi connectivity index (χ2v) is 4.25. The highest BCUT2D eigenvalue weighted by atomic mass is 16.5. The Morgan fingerprint density at radius 1 is 1.40 bits per heavy atom. The first kappa shape index (κ1) is 10.5. The lowest BCUT2D eigenvalue weighted by Gasteiger charge is -2.05. The fourth-order valence-corrected chi connectivity index (χ4v) is 2.11. The van der Waals surface area contributed by atoms with Gasteiger partial charge in [0.2, 0.25) is 0 Å². The van der Waals surface area contributed by atoms with Gasteiger partial charge in [-0.25, -0.2) is 0 Å². The molecule has 0 amide bonds. The van der Waals surface area contributed by atoms with Gasteiger partial charge in [0.05, 0.1) is 12.7 Å². The normalized spacial score (nSPS) is 26.1. The summed E-state index contributed by atoms with van der Waals surface area (Å²) in [4.78, 5) is 0. The van der Waals surface area contributed by atoms with Crippen molar-refractivity contribution in [2.24, 2.45) is 5.92 Å². The van der Waals surface area contributed by atoms with Crippen molar-refractivity contribution in [1.29, 1.82) is 0 Å². The van der Waals surface area contributed by atoms with E-state index < -0.39 is 0 Å². The molecule has 0 unspecified atom stereocenters. The molecule has 1 aliphatic rings. The van der Waals surface area contributed by atoms with E-state index in [1.54, 1.807) is 0 Å². The standard InChI is InChI=1S/C13H18O2/c1-3-15-11-6-4-10(5-7-11)13-8-12(13)9(2)14/h4-7,9,12-14H,3,8H2,1-2H3/t9-,12+,13-/m1/s1. The molecule has 1 aromatic carbocycles. The van der Waals surface area contributed by atoms with Crippen molar-refractivity contribution in [2.45, 2.75) is 32.3 Å². The summed E-state index contributed by atoms with van der Waals surface area (Å²) >= 11 is 0. The second-order valence-electron chi connectivity index (χ2n) is 4.25. The van der Waals surface area contributed by atoms with Gasteiger partial charge in [-0.2, -0.15) is 0 Å². The monoisotopic (exact) mass is 206 g/mol. The van der Waals surface area contributed by atoms with Gasteiger partial charge >= 0.3 is 0 Å². The van der Waals surface area contributed by atoms with Gasteiger partial charge in [-0.05, 0) is 49.8 Å². The van der Waals surface area contributed by atoms with Crippen molar-refractivity contribution in [3.05, 3.63) is 29.8 Å². The Morgan fingerprint density at radius 3 is 2.53 bits per heavy atom. The Hall–Kier alpha value is -1.02. The van der Waals surface area contributed by atoms with Gasteiger partial charge in [-0.3, -0.25) is 0 Å². The third-order valence-electron chi connectivity index (χ3n) is 3.08. The molecule has 15 heavy (non-hydrogen) atoms. The molecular formula is C13H18O2. The van der Waals surface area contributed by atoms with E-state index in [9.17, 15) is 5.11 Å². The molecule has 82 valence electrons. The molecule has 0 heterocycles. The van der Waals surface area contributed by atoms with Gasteiger partial charge in [0.1, 0.15) is 5.75 Å². The zero-order valence-corrected chi connectivity index (χ0v) is 9.31. The molecule has 0 aliphatic heterocycles. The summed E-state index contributed by atoms with van der Waals surface area (Å²) < 4.78 is 5.39. The van der Waals surface area contributed by atoms with Crippen molar-refractivity contribution in [3.63, 3.8) is 0 Å². The van der Waals surface area contributed by atoms with Crippen molar-refractivity contribution in [3.8, 4) is 5.75 Å². The highest BCUT2D eigenvalue weighted by Gasteiger charge is 2.41. The van der Waals surface area contributed by atoms with Gasteiger partial charge in [0.25, 0.3) is 0 Å². The first-order chi connectivity index (χ1) is 7.22. The van der Waals surface area contributed by atoms with Crippen molar-refractivity contribution < 1.29 is 9.84 Å². The predicted molar refractivity (Wildman–Crippen MR) is 60.1 cm³/mol. The summed E-state index contributed by atoms with van der Waals surface area (Å²) in [5, 5.41) is 9.44. The van der Waals surface area contributed by atoms with Crippen LogP contribution in [0.1, 0.15) is 31.7 Å². The molecule has 2 nitrogen and oxygen atoms in total. The molecule has 3 atom stereocenters. The molecule has 1 aromatic rings. The molecule has 0 spiro atoms. The third-order valence-corrected chi connectivity index (χ3v) is 3.08. The minimum Gasteiger partial charge on any atom is -0.494 e. The number of aliphatic hydroxyl groups excluding tert-OH is 1. The van der Waals surface area contributed by atoms with E-state index in [0.29, 0.717) is 18.4 Å². The van der Waals surface area contributed by atoms with Crippen molar-refractivity contribution in [2.75, 3.05) is 6.61 Å². The van der Waals surface area contributed by atoms with Crippen molar-refractivity contribution in [1.82, 2.24) is 0 Å². The summed E-state index contributed by atoms with van der Waals surface area (Å²) in [6, 6.07) is 8.24. The van der Waals surface area contributed by atoms with Gasteiger partial charge in [-0.15, -0.1) is 0 Å². The Morgan fingerprint density at radius 2 is 2.07 bits per heavy atom. The minimum atomic E-state index is -0.179. The zero-order valence-electron chi connectivity index (χ0n) is 9.31. The van der Waals surface area contributed by atoms with E-state index in [1.807, 2.05) is 26.0 Å². The molecule has 1 saturated carbocycles. The fourth-order valence-electron chi connectivity index (χ4n) is 2.11. The molecule has 0 radical (unpaired) electrons. The average molecular weight is 206 g/mol. The van der Waals surface area contributed by atoms with Crippen LogP contribution in [0.15, 0.2) is 24.3 Å². The molecule has 0 saturated heterocycles. The molecule has 1 aliphatic carbocycles. The Bertz CT molecular complexity index is 316. The maximum atomic E-state index is 9.44. The van der Waals surface area contributed by atoms with Crippen LogP contribution < -0.4 is 4.74 Å². The van der Waals surface area contributed by atoms with Crippen LogP contribution in [-0.2, 0) is 0 Å². The molecule has 2 rings (SSSR count). The molecule has 0 aromatic heterocycles. The van der Waals surface area contributed by atoms with E-state index in [-0.39, 0.29) is 6.10 Å². The number of aliphatic hydroxyl groups is 1. The zero-order chi connectivity index (χ0) is 10.8. The largest absolute Gasteiger partial charge is 0.494 e. The predicted octanol–water partition coefficient (Wildman–Crippen LogP) is 2.57. The Balaban J connectivity index is 2.00. The summed E-state index contributed by atoms with van der Waals surface area (Å²) in [6.07, 6.45) is 0.938. The third kappa shape index (κ3) is 2.32. The van der Waals surface area contributed by atoms with Crippen LogP contribution in [-0.4, -0.2) is 17.8 Å². The van der Waals surface area contributed by atoms with Crippen LogP contribution in [0.25, 0.3) is 0 Å². The van der Waals surface area contributed by atoms with Crippen LogP contribution >= 0.6 is 0 Å². The quantitative estimate of drug-likeness (QED) is 0.820. The Labute approximate surface area is 90.9 Å². The fraction of sp³-hybridized carbons (Fsp3) is 0.538. The maximum absolute atomic E-state index is 9.44. The van der Waals surface area contributed by atoms with E-state index in [1.165, 1.54) is 5.56 Å². The minimum absolute atomic E-state index is 0.179. The average Bonchev–Trinajstić information content (AvgIpc) is 2.99. The Kier molecular flexibility index (Phi) is 2.96. The molecule has 1 N–H and O–H groups in total. The van der Waals surface area contributed by atoms with Crippen LogP contribution in [0.3, 0.4) is 0 Å². The van der Waals surface area contributed by atoms with E-state index >= 15 is 0 Å². The number of benzene rings is 1. The molecule has 1 fully saturated rings. The van der Waals surface area contributed by atoms with Crippen LogP contribution in [0.5, 0.6) is 5.75 Å². The summed E-state index contributed by atoms with van der Waals surface area (Å²) in [5.41, 5.74) is 1.32. The van der Waals surface area contributed by atoms with Gasteiger partial charge < -0.3 is 9.84 Å². The van der Waals surface area contributed by atoms with Crippen molar-refractivity contribution >= 4 is 0 Å². The lowest BCUT2D eigenvalue weighted by Crippen LogP contribution is -2.03. The molecule has 0 bridgehead atoms. The van der Waals surface area contributed by atoms with Gasteiger partial charge in [-0.1, -0.05) is 12.1 Å². The van der Waals surface area contributed by atoms with Crippen LogP contribution in [0.2, 0.25) is 0 Å². The van der Waals surface area contributed by atoms with E-state index in [0.717, 1.165) is 12.2 Å². The first-order valence-corrected chi connectivity index (χ1v) is 5.63. The summed E-state index contributed by atoms with van der Waals surface area (Å²) in [5.74, 6) is 1.94. The summed E-state index contributed by atoms with van der Waals surface area (Å²) in [6.45, 7) is 4.57. The number of hydrogen-bond acceptors (Lipinski definition) is 2. The van der Waals surface area contributed by atoms with Gasteiger partial charge in [0.15, 0.2) is 0 Å². The second kappa shape index (κ2) is 4.23. The molecule has 2 heteroatoms. The lowest BCUT2D eigenvalue weighted by molar-refractivity contribution is 0.169. The lowest BCUT2D eigenvalue weighted by atomic mass is 10.1.